The van der Waals surface area contributed by atoms with E-state index < -0.39 is 5.97 Å². The number of aryl methyl sites for hydroxylation is 1. The van der Waals surface area contributed by atoms with Crippen molar-refractivity contribution in [1.29, 1.82) is 0 Å². The Morgan fingerprint density at radius 3 is 2.81 bits per heavy atom. The number of carboxylic acid groups (broad SMARTS) is 1. The molecule has 8 nitrogen and oxygen atoms in total. The molecule has 0 aliphatic carbocycles. The normalized spacial score (nSPS) is 21.0. The van der Waals surface area contributed by atoms with Gasteiger partial charge in [-0.2, -0.15) is 5.10 Å². The van der Waals surface area contributed by atoms with Crippen molar-refractivity contribution in [2.45, 2.75) is 58.2 Å². The maximum absolute atomic E-state index is 13.3. The van der Waals surface area contributed by atoms with Crippen molar-refractivity contribution in [3.05, 3.63) is 23.5 Å². The van der Waals surface area contributed by atoms with Gasteiger partial charge in [0.2, 0.25) is 0 Å². The number of carboxylic acids is 1. The third kappa shape index (κ3) is 3.66. The highest BCUT2D eigenvalue weighted by Crippen LogP contribution is 2.28. The molecule has 27 heavy (non-hydrogen) atoms. The number of hydrogen-bond acceptors (Lipinski definition) is 5. The standard InChI is InChI=1S/C19H26N4O4/c1-5-12(3)23-18-16(9-20-23)15(6-11(2)21-18)19(26)22-10-14(27-4)7-13(22)8-17(24)25/h6,9,12-14H,5,7-8,10H2,1-4H3,(H,24,25). The predicted octanol–water partition coefficient (Wildman–Crippen LogP) is 2.41. The summed E-state index contributed by atoms with van der Waals surface area (Å²) in [5.41, 5.74) is 1.93. The summed E-state index contributed by atoms with van der Waals surface area (Å²) in [7, 11) is 1.58. The number of amides is 1. The molecule has 2 aromatic rings. The van der Waals surface area contributed by atoms with E-state index in [1.807, 2.05) is 11.6 Å². The van der Waals surface area contributed by atoms with Crippen LogP contribution in [0.5, 0.6) is 0 Å². The van der Waals surface area contributed by atoms with Crippen LogP contribution in [-0.2, 0) is 9.53 Å². The Labute approximate surface area is 158 Å². The lowest BCUT2D eigenvalue weighted by molar-refractivity contribution is -0.137. The highest BCUT2D eigenvalue weighted by Gasteiger charge is 2.37. The monoisotopic (exact) mass is 374 g/mol. The van der Waals surface area contributed by atoms with Crippen LogP contribution in [0.25, 0.3) is 11.0 Å². The summed E-state index contributed by atoms with van der Waals surface area (Å²) in [6.07, 6.45) is 2.85. The second kappa shape index (κ2) is 7.64. The second-order valence-corrected chi connectivity index (χ2v) is 7.20. The molecule has 0 radical (unpaired) electrons. The zero-order chi connectivity index (χ0) is 19.7. The average Bonchev–Trinajstić information content (AvgIpc) is 3.23. The molecule has 0 aromatic carbocycles. The molecule has 1 saturated heterocycles. The smallest absolute Gasteiger partial charge is 0.305 e. The molecule has 3 heterocycles. The van der Waals surface area contributed by atoms with Gasteiger partial charge < -0.3 is 14.7 Å². The summed E-state index contributed by atoms with van der Waals surface area (Å²) in [5.74, 6) is -1.12. The number of aromatic nitrogens is 3. The van der Waals surface area contributed by atoms with E-state index in [-0.39, 0.29) is 30.5 Å². The van der Waals surface area contributed by atoms with Crippen molar-refractivity contribution in [2.24, 2.45) is 0 Å². The van der Waals surface area contributed by atoms with Gasteiger partial charge in [0, 0.05) is 25.4 Å². The molecule has 3 unspecified atom stereocenters. The van der Waals surface area contributed by atoms with E-state index in [2.05, 4.69) is 23.9 Å². The molecule has 3 atom stereocenters. The Morgan fingerprint density at radius 2 is 2.19 bits per heavy atom. The SMILES string of the molecule is CCC(C)n1ncc2c(C(=O)N3CC(OC)CC3CC(=O)O)cc(C)nc21. The number of likely N-dealkylation sites (tertiary alicyclic amines) is 1. The first-order valence-electron chi connectivity index (χ1n) is 9.26. The van der Waals surface area contributed by atoms with Crippen molar-refractivity contribution in [3.8, 4) is 0 Å². The summed E-state index contributed by atoms with van der Waals surface area (Å²) in [5, 5.41) is 14.3. The molecule has 2 aromatic heterocycles. The zero-order valence-electron chi connectivity index (χ0n) is 16.2. The Morgan fingerprint density at radius 1 is 1.44 bits per heavy atom. The van der Waals surface area contributed by atoms with Gasteiger partial charge in [-0.25, -0.2) is 9.67 Å². The van der Waals surface area contributed by atoms with Gasteiger partial charge >= 0.3 is 5.97 Å². The van der Waals surface area contributed by atoms with E-state index in [4.69, 9.17) is 4.74 Å². The molecule has 1 amide bonds. The Hall–Kier alpha value is -2.48. The average molecular weight is 374 g/mol. The number of fused-ring (bicyclic) bond motifs is 1. The number of rotatable bonds is 6. The van der Waals surface area contributed by atoms with E-state index in [0.717, 1.165) is 12.1 Å². The Bertz CT molecular complexity index is 863. The largest absolute Gasteiger partial charge is 0.481 e. The minimum atomic E-state index is -0.921. The van der Waals surface area contributed by atoms with E-state index >= 15 is 0 Å². The van der Waals surface area contributed by atoms with Crippen LogP contribution < -0.4 is 0 Å². The van der Waals surface area contributed by atoms with E-state index in [1.54, 1.807) is 24.3 Å². The first kappa shape index (κ1) is 19.3. The third-order valence-electron chi connectivity index (χ3n) is 5.31. The number of ether oxygens (including phenoxy) is 1. The molecule has 1 fully saturated rings. The van der Waals surface area contributed by atoms with Gasteiger partial charge in [0.25, 0.3) is 5.91 Å². The van der Waals surface area contributed by atoms with Crippen LogP contribution in [0.3, 0.4) is 0 Å². The van der Waals surface area contributed by atoms with Crippen LogP contribution in [0.1, 0.15) is 55.2 Å². The van der Waals surface area contributed by atoms with E-state index in [0.29, 0.717) is 29.6 Å². The molecule has 0 spiro atoms. The molecular formula is C19H26N4O4. The van der Waals surface area contributed by atoms with Crippen LogP contribution in [0.15, 0.2) is 12.3 Å². The number of aliphatic carboxylic acids is 1. The van der Waals surface area contributed by atoms with Gasteiger partial charge in [-0.05, 0) is 32.8 Å². The van der Waals surface area contributed by atoms with Gasteiger partial charge in [0.15, 0.2) is 5.65 Å². The number of pyridine rings is 1. The lowest BCUT2D eigenvalue weighted by atomic mass is 10.1. The predicted molar refractivity (Wildman–Crippen MR) is 99.8 cm³/mol. The van der Waals surface area contributed by atoms with E-state index in [1.165, 1.54) is 0 Å². The molecule has 3 rings (SSSR count). The topological polar surface area (TPSA) is 97.6 Å². The van der Waals surface area contributed by atoms with Crippen molar-refractivity contribution < 1.29 is 19.4 Å². The van der Waals surface area contributed by atoms with Gasteiger partial charge in [-0.1, -0.05) is 6.92 Å². The number of carbonyl (C=O) groups excluding carboxylic acids is 1. The minimum absolute atomic E-state index is 0.0923. The number of nitrogens with zero attached hydrogens (tertiary/aromatic N) is 4. The fourth-order valence-electron chi connectivity index (χ4n) is 3.66. The number of hydrogen-bond donors (Lipinski definition) is 1. The van der Waals surface area contributed by atoms with Crippen molar-refractivity contribution in [3.63, 3.8) is 0 Å². The fraction of sp³-hybridized carbons (Fsp3) is 0.579. The van der Waals surface area contributed by atoms with Crippen molar-refractivity contribution in [2.75, 3.05) is 13.7 Å². The summed E-state index contributed by atoms with van der Waals surface area (Å²) < 4.78 is 7.23. The molecule has 0 bridgehead atoms. The van der Waals surface area contributed by atoms with Crippen molar-refractivity contribution >= 4 is 22.9 Å². The van der Waals surface area contributed by atoms with Crippen LogP contribution in [0, 0.1) is 6.92 Å². The van der Waals surface area contributed by atoms with Gasteiger partial charge in [0.05, 0.1) is 35.7 Å². The summed E-state index contributed by atoms with van der Waals surface area (Å²) in [6.45, 7) is 6.37. The first-order valence-corrected chi connectivity index (χ1v) is 9.26. The highest BCUT2D eigenvalue weighted by atomic mass is 16.5. The first-order chi connectivity index (χ1) is 12.8. The van der Waals surface area contributed by atoms with Crippen molar-refractivity contribution in [1.82, 2.24) is 19.7 Å². The third-order valence-corrected chi connectivity index (χ3v) is 5.31. The second-order valence-electron chi connectivity index (χ2n) is 7.20. The molecule has 0 saturated carbocycles. The maximum atomic E-state index is 13.3. The summed E-state index contributed by atoms with van der Waals surface area (Å²) >= 11 is 0. The van der Waals surface area contributed by atoms with Gasteiger partial charge in [0.1, 0.15) is 0 Å². The summed E-state index contributed by atoms with van der Waals surface area (Å²) in [6, 6.07) is 1.54. The van der Waals surface area contributed by atoms with Crippen LogP contribution >= 0.6 is 0 Å². The van der Waals surface area contributed by atoms with Gasteiger partial charge in [-0.15, -0.1) is 0 Å². The van der Waals surface area contributed by atoms with Crippen LogP contribution in [-0.4, -0.2) is 62.4 Å². The van der Waals surface area contributed by atoms with E-state index in [9.17, 15) is 14.7 Å². The molecule has 1 aliphatic heterocycles. The number of methoxy groups -OCH3 is 1. The molecule has 146 valence electrons. The number of carbonyl (C=O) groups is 2. The Kier molecular flexibility index (Phi) is 5.46. The quantitative estimate of drug-likeness (QED) is 0.834. The van der Waals surface area contributed by atoms with Crippen LogP contribution in [0.4, 0.5) is 0 Å². The van der Waals surface area contributed by atoms with Gasteiger partial charge in [-0.3, -0.25) is 9.59 Å². The van der Waals surface area contributed by atoms with Crippen LogP contribution in [0.2, 0.25) is 0 Å². The Balaban J connectivity index is 2.02. The fourth-order valence-corrected chi connectivity index (χ4v) is 3.66. The lowest BCUT2D eigenvalue weighted by Crippen LogP contribution is -2.37. The highest BCUT2D eigenvalue weighted by molar-refractivity contribution is 6.05. The maximum Gasteiger partial charge on any atom is 0.305 e. The molecule has 1 aliphatic rings. The molecular weight excluding hydrogens is 348 g/mol. The molecule has 1 N–H and O–H groups in total. The molecule has 8 heteroatoms. The zero-order valence-corrected chi connectivity index (χ0v) is 16.2. The lowest BCUT2D eigenvalue weighted by Gasteiger charge is -2.23. The summed E-state index contributed by atoms with van der Waals surface area (Å²) in [4.78, 5) is 30.8. The minimum Gasteiger partial charge on any atom is -0.481 e.